The fourth-order valence-corrected chi connectivity index (χ4v) is 1.67. The van der Waals surface area contributed by atoms with Gasteiger partial charge in [-0.05, 0) is 12.1 Å². The Bertz CT molecular complexity index is 604. The number of aromatic nitrogens is 1. The third-order valence-electron chi connectivity index (χ3n) is 2.40. The molecule has 0 spiro atoms. The fraction of sp³-hybridized carbons (Fsp3) is 0. The van der Waals surface area contributed by atoms with Crippen LogP contribution < -0.4 is 17.1 Å². The standard InChI is InChI=1S/C10H10FN5O/c11-7-2-1-6(10(12)15-16-13)9-8(7)5(4-17)3-14-9/h1-4,14,16H,13H2,(H2,12,15). The predicted molar refractivity (Wildman–Crippen MR) is 61.7 cm³/mol. The first-order valence-electron chi connectivity index (χ1n) is 4.73. The molecule has 1 aromatic heterocycles. The van der Waals surface area contributed by atoms with Crippen LogP contribution in [0.5, 0.6) is 0 Å². The van der Waals surface area contributed by atoms with Crippen LogP contribution >= 0.6 is 0 Å². The number of amidine groups is 1. The van der Waals surface area contributed by atoms with Gasteiger partial charge in [-0.2, -0.15) is 0 Å². The van der Waals surface area contributed by atoms with Gasteiger partial charge in [0.25, 0.3) is 0 Å². The SMILES string of the molecule is NN/N=C(\N)c1ccc(F)c2c(C=O)c[nH]c12. The van der Waals surface area contributed by atoms with Crippen LogP contribution in [0.15, 0.2) is 23.4 Å². The minimum Gasteiger partial charge on any atom is -0.382 e. The molecule has 0 amide bonds. The van der Waals surface area contributed by atoms with E-state index in [-0.39, 0.29) is 16.8 Å². The summed E-state index contributed by atoms with van der Waals surface area (Å²) in [6.45, 7) is 0. The lowest BCUT2D eigenvalue weighted by atomic mass is 10.1. The summed E-state index contributed by atoms with van der Waals surface area (Å²) in [4.78, 5) is 13.5. The van der Waals surface area contributed by atoms with E-state index in [0.29, 0.717) is 17.4 Å². The number of hydrazine groups is 1. The molecule has 17 heavy (non-hydrogen) atoms. The lowest BCUT2D eigenvalue weighted by molar-refractivity contribution is 0.112. The number of hydrazone groups is 1. The van der Waals surface area contributed by atoms with Gasteiger partial charge in [-0.15, -0.1) is 5.10 Å². The number of carbonyl (C=O) groups is 1. The second kappa shape index (κ2) is 4.22. The summed E-state index contributed by atoms with van der Waals surface area (Å²) in [7, 11) is 0. The van der Waals surface area contributed by atoms with Crippen LogP contribution in [0.1, 0.15) is 15.9 Å². The van der Waals surface area contributed by atoms with Gasteiger partial charge in [0.1, 0.15) is 5.82 Å². The Labute approximate surface area is 95.4 Å². The fourth-order valence-electron chi connectivity index (χ4n) is 1.67. The van der Waals surface area contributed by atoms with E-state index >= 15 is 0 Å². The topological polar surface area (TPSA) is 109 Å². The van der Waals surface area contributed by atoms with E-state index in [1.54, 1.807) is 0 Å². The molecule has 0 aliphatic carbocycles. The number of nitrogens with two attached hydrogens (primary N) is 2. The Hall–Kier alpha value is -2.41. The number of aldehydes is 1. The molecule has 1 heterocycles. The molecule has 0 saturated carbocycles. The number of carbonyl (C=O) groups excluding carboxylic acids is 1. The highest BCUT2D eigenvalue weighted by atomic mass is 19.1. The average Bonchev–Trinajstić information content (AvgIpc) is 2.74. The van der Waals surface area contributed by atoms with Crippen molar-refractivity contribution in [1.82, 2.24) is 10.5 Å². The van der Waals surface area contributed by atoms with Crippen molar-refractivity contribution in [2.45, 2.75) is 0 Å². The van der Waals surface area contributed by atoms with Gasteiger partial charge < -0.3 is 10.7 Å². The predicted octanol–water partition coefficient (Wildman–Crippen LogP) is 0.203. The number of hydrogen-bond donors (Lipinski definition) is 4. The van der Waals surface area contributed by atoms with Gasteiger partial charge in [-0.25, -0.2) is 15.8 Å². The molecule has 0 aliphatic heterocycles. The van der Waals surface area contributed by atoms with Crippen LogP contribution in [0, 0.1) is 5.82 Å². The zero-order valence-corrected chi connectivity index (χ0v) is 8.70. The minimum atomic E-state index is -0.499. The molecule has 88 valence electrons. The van der Waals surface area contributed by atoms with Crippen LogP contribution in [0.2, 0.25) is 0 Å². The van der Waals surface area contributed by atoms with Crippen LogP contribution in [0.4, 0.5) is 4.39 Å². The van der Waals surface area contributed by atoms with E-state index in [2.05, 4.69) is 15.6 Å². The number of halogens is 1. The minimum absolute atomic E-state index is 0.0943. The monoisotopic (exact) mass is 235 g/mol. The summed E-state index contributed by atoms with van der Waals surface area (Å²) in [5.41, 5.74) is 8.80. The first-order chi connectivity index (χ1) is 8.19. The van der Waals surface area contributed by atoms with Crippen LogP contribution in [-0.2, 0) is 0 Å². The summed E-state index contributed by atoms with van der Waals surface area (Å²) in [6.07, 6.45) is 1.98. The molecule has 0 atom stereocenters. The molecular weight excluding hydrogens is 225 g/mol. The highest BCUT2D eigenvalue weighted by molar-refractivity contribution is 6.10. The molecule has 7 heteroatoms. The summed E-state index contributed by atoms with van der Waals surface area (Å²) < 4.78 is 13.6. The molecule has 1 aromatic carbocycles. The third-order valence-corrected chi connectivity index (χ3v) is 2.40. The lowest BCUT2D eigenvalue weighted by Gasteiger charge is -2.03. The van der Waals surface area contributed by atoms with Crippen LogP contribution in [0.3, 0.4) is 0 Å². The van der Waals surface area contributed by atoms with Gasteiger partial charge in [-0.3, -0.25) is 4.79 Å². The highest BCUT2D eigenvalue weighted by Crippen LogP contribution is 2.23. The van der Waals surface area contributed by atoms with Crippen LogP contribution in [-0.4, -0.2) is 17.1 Å². The molecular formula is C10H10FN5O. The first-order valence-corrected chi connectivity index (χ1v) is 4.73. The number of benzene rings is 1. The zero-order valence-electron chi connectivity index (χ0n) is 8.70. The molecule has 2 rings (SSSR count). The van der Waals surface area contributed by atoms with Gasteiger partial charge in [0.05, 0.1) is 5.52 Å². The Morgan fingerprint density at radius 1 is 1.53 bits per heavy atom. The number of rotatable bonds is 3. The van der Waals surface area contributed by atoms with Gasteiger partial charge in [-0.1, -0.05) is 0 Å². The number of nitrogens with one attached hydrogen (secondary N) is 2. The van der Waals surface area contributed by atoms with Crippen molar-refractivity contribution >= 4 is 23.0 Å². The largest absolute Gasteiger partial charge is 0.382 e. The molecule has 0 unspecified atom stereocenters. The van der Waals surface area contributed by atoms with E-state index in [1.807, 2.05) is 0 Å². The lowest BCUT2D eigenvalue weighted by Crippen LogP contribution is -2.23. The average molecular weight is 235 g/mol. The second-order valence-corrected chi connectivity index (χ2v) is 3.33. The maximum atomic E-state index is 13.6. The summed E-state index contributed by atoms with van der Waals surface area (Å²) >= 11 is 0. The van der Waals surface area contributed by atoms with Crippen molar-refractivity contribution in [3.63, 3.8) is 0 Å². The smallest absolute Gasteiger partial charge is 0.154 e. The van der Waals surface area contributed by atoms with Gasteiger partial charge in [0.2, 0.25) is 0 Å². The molecule has 6 N–H and O–H groups in total. The number of aromatic amines is 1. The summed E-state index contributed by atoms with van der Waals surface area (Å²) in [5.74, 6) is 4.61. The highest BCUT2D eigenvalue weighted by Gasteiger charge is 2.13. The van der Waals surface area contributed by atoms with E-state index in [4.69, 9.17) is 11.6 Å². The van der Waals surface area contributed by atoms with E-state index in [0.717, 1.165) is 0 Å². The Morgan fingerprint density at radius 3 is 2.94 bits per heavy atom. The van der Waals surface area contributed by atoms with Crippen molar-refractivity contribution in [2.75, 3.05) is 0 Å². The molecule has 0 aliphatic rings. The van der Waals surface area contributed by atoms with Crippen LogP contribution in [0.25, 0.3) is 10.9 Å². The number of hydrogen-bond acceptors (Lipinski definition) is 4. The Morgan fingerprint density at radius 2 is 2.29 bits per heavy atom. The maximum Gasteiger partial charge on any atom is 0.154 e. The van der Waals surface area contributed by atoms with E-state index in [9.17, 15) is 9.18 Å². The van der Waals surface area contributed by atoms with E-state index in [1.165, 1.54) is 18.3 Å². The summed E-state index contributed by atoms with van der Waals surface area (Å²) in [6, 6.07) is 2.68. The molecule has 6 nitrogen and oxygen atoms in total. The maximum absolute atomic E-state index is 13.6. The van der Waals surface area contributed by atoms with Crippen molar-refractivity contribution in [3.05, 3.63) is 35.3 Å². The molecule has 0 saturated heterocycles. The molecule has 0 radical (unpaired) electrons. The normalized spacial score (nSPS) is 11.8. The molecule has 0 fully saturated rings. The number of nitrogens with zero attached hydrogens (tertiary/aromatic N) is 1. The van der Waals surface area contributed by atoms with Crippen molar-refractivity contribution < 1.29 is 9.18 Å². The summed E-state index contributed by atoms with van der Waals surface area (Å²) in [5, 5.41) is 3.79. The van der Waals surface area contributed by atoms with Crippen molar-refractivity contribution in [2.24, 2.45) is 16.7 Å². The number of fused-ring (bicyclic) bond motifs is 1. The van der Waals surface area contributed by atoms with Gasteiger partial charge in [0, 0.05) is 22.7 Å². The van der Waals surface area contributed by atoms with E-state index < -0.39 is 5.82 Å². The second-order valence-electron chi connectivity index (χ2n) is 3.33. The van der Waals surface area contributed by atoms with Crippen molar-refractivity contribution in [3.8, 4) is 0 Å². The zero-order chi connectivity index (χ0) is 12.4. The molecule has 2 aromatic rings. The quantitative estimate of drug-likeness (QED) is 0.200. The first kappa shape index (κ1) is 11.1. The van der Waals surface area contributed by atoms with Gasteiger partial charge in [0.15, 0.2) is 12.1 Å². The van der Waals surface area contributed by atoms with Crippen molar-refractivity contribution in [1.29, 1.82) is 0 Å². The number of H-pyrrole nitrogens is 1. The molecule has 0 bridgehead atoms. The Balaban J connectivity index is 2.76. The van der Waals surface area contributed by atoms with Gasteiger partial charge >= 0.3 is 0 Å². The Kier molecular flexibility index (Phi) is 2.75. The third kappa shape index (κ3) is 1.72.